The van der Waals surface area contributed by atoms with Crippen LogP contribution in [0, 0.1) is 6.92 Å². The molecule has 0 amide bonds. The van der Waals surface area contributed by atoms with Crippen LogP contribution in [0.3, 0.4) is 0 Å². The van der Waals surface area contributed by atoms with E-state index < -0.39 is 0 Å². The Labute approximate surface area is 159 Å². The Morgan fingerprint density at radius 2 is 2.04 bits per heavy atom. The summed E-state index contributed by atoms with van der Waals surface area (Å²) in [4.78, 5) is 13.4. The van der Waals surface area contributed by atoms with Crippen LogP contribution in [0.1, 0.15) is 16.3 Å². The summed E-state index contributed by atoms with van der Waals surface area (Å²) in [5.41, 5.74) is 3.58. The van der Waals surface area contributed by atoms with Gasteiger partial charge in [0.25, 0.3) is 0 Å². The second kappa shape index (κ2) is 9.00. The van der Waals surface area contributed by atoms with Crippen molar-refractivity contribution < 1.29 is 4.74 Å². The molecular formula is C19H27N5OS. The molecule has 6 nitrogen and oxygen atoms in total. The average Bonchev–Trinajstić information content (AvgIpc) is 3.08. The minimum atomic E-state index is 0.747. The normalized spacial score (nSPS) is 15.2. The van der Waals surface area contributed by atoms with E-state index >= 15 is 0 Å². The lowest BCUT2D eigenvalue weighted by molar-refractivity contribution is 0.122. The molecule has 0 unspecified atom stereocenters. The lowest BCUT2D eigenvalue weighted by atomic mass is 10.2. The highest BCUT2D eigenvalue weighted by Crippen LogP contribution is 2.16. The van der Waals surface area contributed by atoms with Crippen LogP contribution in [-0.4, -0.2) is 56.2 Å². The number of aryl methyl sites for hydroxylation is 1. The monoisotopic (exact) mass is 373 g/mol. The predicted molar refractivity (Wildman–Crippen MR) is 108 cm³/mol. The van der Waals surface area contributed by atoms with E-state index in [1.807, 2.05) is 21.0 Å². The van der Waals surface area contributed by atoms with Gasteiger partial charge in [-0.3, -0.25) is 4.99 Å². The summed E-state index contributed by atoms with van der Waals surface area (Å²) in [6.45, 7) is 7.07. The Balaban J connectivity index is 1.53. The molecule has 26 heavy (non-hydrogen) atoms. The first-order chi connectivity index (χ1) is 12.7. The van der Waals surface area contributed by atoms with Crippen molar-refractivity contribution in [2.45, 2.75) is 20.0 Å². The SMILES string of the molecule is CN=C(NCc1ccc(N2CCOCC2)cc1)N(C)Cc1csc(C)n1. The van der Waals surface area contributed by atoms with Gasteiger partial charge < -0.3 is 19.9 Å². The maximum Gasteiger partial charge on any atom is 0.194 e. The third kappa shape index (κ3) is 4.95. The number of ether oxygens (including phenoxy) is 1. The second-order valence-corrected chi connectivity index (χ2v) is 7.44. The molecule has 2 heterocycles. The Kier molecular flexibility index (Phi) is 6.46. The zero-order valence-corrected chi connectivity index (χ0v) is 16.6. The van der Waals surface area contributed by atoms with E-state index in [0.29, 0.717) is 0 Å². The minimum Gasteiger partial charge on any atom is -0.378 e. The van der Waals surface area contributed by atoms with Crippen LogP contribution in [0.5, 0.6) is 0 Å². The van der Waals surface area contributed by atoms with Crippen LogP contribution in [-0.2, 0) is 17.8 Å². The maximum atomic E-state index is 5.42. The quantitative estimate of drug-likeness (QED) is 0.645. The number of anilines is 1. The molecule has 0 bridgehead atoms. The Morgan fingerprint density at radius 3 is 2.65 bits per heavy atom. The maximum absolute atomic E-state index is 5.42. The zero-order valence-electron chi connectivity index (χ0n) is 15.7. The third-order valence-electron chi connectivity index (χ3n) is 4.40. The van der Waals surface area contributed by atoms with Gasteiger partial charge in [0.2, 0.25) is 0 Å². The largest absolute Gasteiger partial charge is 0.378 e. The first-order valence-electron chi connectivity index (χ1n) is 8.90. The van der Waals surface area contributed by atoms with E-state index in [1.165, 1.54) is 11.3 Å². The van der Waals surface area contributed by atoms with E-state index in [9.17, 15) is 0 Å². The second-order valence-electron chi connectivity index (χ2n) is 6.38. The van der Waals surface area contributed by atoms with Gasteiger partial charge >= 0.3 is 0 Å². The molecule has 1 aliphatic heterocycles. The summed E-state index contributed by atoms with van der Waals surface area (Å²) in [7, 11) is 3.85. The molecule has 3 rings (SSSR count). The molecule has 0 spiro atoms. The highest BCUT2D eigenvalue weighted by Gasteiger charge is 2.11. The number of hydrogen-bond acceptors (Lipinski definition) is 5. The van der Waals surface area contributed by atoms with Crippen molar-refractivity contribution in [1.82, 2.24) is 15.2 Å². The van der Waals surface area contributed by atoms with E-state index in [4.69, 9.17) is 4.74 Å². The van der Waals surface area contributed by atoms with Crippen molar-refractivity contribution in [1.29, 1.82) is 0 Å². The van der Waals surface area contributed by atoms with E-state index in [-0.39, 0.29) is 0 Å². The molecule has 0 saturated carbocycles. The van der Waals surface area contributed by atoms with Crippen LogP contribution in [0.2, 0.25) is 0 Å². The first-order valence-corrected chi connectivity index (χ1v) is 9.78. The van der Waals surface area contributed by atoms with Crippen LogP contribution in [0.25, 0.3) is 0 Å². The highest BCUT2D eigenvalue weighted by atomic mass is 32.1. The summed E-state index contributed by atoms with van der Waals surface area (Å²) in [5.74, 6) is 0.868. The molecule has 1 N–H and O–H groups in total. The number of nitrogens with zero attached hydrogens (tertiary/aromatic N) is 4. The minimum absolute atomic E-state index is 0.747. The number of guanidine groups is 1. The van der Waals surface area contributed by atoms with E-state index in [1.54, 1.807) is 11.3 Å². The molecule has 7 heteroatoms. The van der Waals surface area contributed by atoms with Gasteiger partial charge in [-0.25, -0.2) is 4.98 Å². The number of aromatic nitrogens is 1. The van der Waals surface area contributed by atoms with Crippen molar-refractivity contribution in [3.8, 4) is 0 Å². The van der Waals surface area contributed by atoms with Gasteiger partial charge in [0, 0.05) is 44.8 Å². The lowest BCUT2D eigenvalue weighted by Crippen LogP contribution is -2.38. The average molecular weight is 374 g/mol. The highest BCUT2D eigenvalue weighted by molar-refractivity contribution is 7.09. The molecule has 1 fully saturated rings. The van der Waals surface area contributed by atoms with Crippen molar-refractivity contribution >= 4 is 23.0 Å². The van der Waals surface area contributed by atoms with Gasteiger partial charge in [-0.05, 0) is 24.6 Å². The fourth-order valence-corrected chi connectivity index (χ4v) is 3.61. The van der Waals surface area contributed by atoms with Crippen molar-refractivity contribution in [2.75, 3.05) is 45.3 Å². The van der Waals surface area contributed by atoms with Gasteiger partial charge in [-0.2, -0.15) is 0 Å². The van der Waals surface area contributed by atoms with E-state index in [0.717, 1.165) is 56.1 Å². The predicted octanol–water partition coefficient (Wildman–Crippen LogP) is 2.50. The van der Waals surface area contributed by atoms with Gasteiger partial charge in [0.1, 0.15) is 0 Å². The van der Waals surface area contributed by atoms with Gasteiger partial charge in [0.05, 0.1) is 30.5 Å². The molecule has 0 aliphatic carbocycles. The standard InChI is InChI=1S/C19H27N5OS/c1-15-22-17(14-26-15)13-23(3)19(20-2)21-12-16-4-6-18(7-5-16)24-8-10-25-11-9-24/h4-7,14H,8-13H2,1-3H3,(H,20,21). The summed E-state index contributed by atoms with van der Waals surface area (Å²) in [5, 5.41) is 6.62. The number of nitrogens with one attached hydrogen (secondary N) is 1. The van der Waals surface area contributed by atoms with Crippen LogP contribution >= 0.6 is 11.3 Å². The number of thiazole rings is 1. The summed E-state index contributed by atoms with van der Waals surface area (Å²) in [6.07, 6.45) is 0. The summed E-state index contributed by atoms with van der Waals surface area (Å²) in [6, 6.07) is 8.73. The van der Waals surface area contributed by atoms with Crippen molar-refractivity contribution in [2.24, 2.45) is 4.99 Å². The molecular weight excluding hydrogens is 346 g/mol. The van der Waals surface area contributed by atoms with Crippen LogP contribution in [0.4, 0.5) is 5.69 Å². The third-order valence-corrected chi connectivity index (χ3v) is 5.22. The molecule has 0 atom stereocenters. The van der Waals surface area contributed by atoms with Crippen molar-refractivity contribution in [3.63, 3.8) is 0 Å². The molecule has 1 aromatic heterocycles. The Morgan fingerprint density at radius 1 is 1.31 bits per heavy atom. The summed E-state index contributed by atoms with van der Waals surface area (Å²) < 4.78 is 5.42. The van der Waals surface area contributed by atoms with Crippen LogP contribution in [0.15, 0.2) is 34.6 Å². The van der Waals surface area contributed by atoms with Crippen LogP contribution < -0.4 is 10.2 Å². The van der Waals surface area contributed by atoms with Gasteiger partial charge in [-0.1, -0.05) is 12.1 Å². The number of morpholine rings is 1. The molecule has 1 saturated heterocycles. The Bertz CT molecular complexity index is 722. The zero-order chi connectivity index (χ0) is 18.4. The first kappa shape index (κ1) is 18.7. The fraction of sp³-hybridized carbons (Fsp3) is 0.474. The molecule has 1 aromatic carbocycles. The molecule has 0 radical (unpaired) electrons. The molecule has 2 aromatic rings. The number of aliphatic imine (C=N–C) groups is 1. The van der Waals surface area contributed by atoms with E-state index in [2.05, 4.69) is 54.7 Å². The van der Waals surface area contributed by atoms with Gasteiger partial charge in [-0.15, -0.1) is 11.3 Å². The topological polar surface area (TPSA) is 53.0 Å². The number of rotatable bonds is 5. The van der Waals surface area contributed by atoms with Crippen molar-refractivity contribution in [3.05, 3.63) is 45.9 Å². The number of benzene rings is 1. The van der Waals surface area contributed by atoms with Gasteiger partial charge in [0.15, 0.2) is 5.96 Å². The molecule has 1 aliphatic rings. The number of hydrogen-bond donors (Lipinski definition) is 1. The lowest BCUT2D eigenvalue weighted by Gasteiger charge is -2.29. The summed E-state index contributed by atoms with van der Waals surface area (Å²) >= 11 is 1.68. The Hall–Kier alpha value is -2.12. The molecule has 140 valence electrons. The fourth-order valence-electron chi connectivity index (χ4n) is 3.01. The smallest absolute Gasteiger partial charge is 0.194 e.